The van der Waals surface area contributed by atoms with Crippen LogP contribution in [0.2, 0.25) is 0 Å². The van der Waals surface area contributed by atoms with Crippen LogP contribution in [0.4, 0.5) is 5.69 Å². The first-order valence-electron chi connectivity index (χ1n) is 7.60. The molecule has 3 nitrogen and oxygen atoms in total. The normalized spacial score (nSPS) is 21.7. The SMILES string of the molecule is Nc1ccc(C2CCNCC2)cc1OC1CCCC1. The largest absolute Gasteiger partial charge is 0.488 e. The van der Waals surface area contributed by atoms with E-state index >= 15 is 0 Å². The van der Waals surface area contributed by atoms with Crippen LogP contribution in [0.3, 0.4) is 0 Å². The van der Waals surface area contributed by atoms with Crippen molar-refractivity contribution in [1.29, 1.82) is 0 Å². The standard InChI is InChI=1S/C16H24N2O/c17-15-6-5-13(12-7-9-18-10-8-12)11-16(15)19-14-3-1-2-4-14/h5-6,11-12,14,18H,1-4,7-10,17H2. The van der Waals surface area contributed by atoms with E-state index in [2.05, 4.69) is 17.4 Å². The molecular weight excluding hydrogens is 236 g/mol. The molecule has 104 valence electrons. The van der Waals surface area contributed by atoms with Crippen molar-refractivity contribution in [2.24, 2.45) is 0 Å². The number of nitrogen functional groups attached to an aromatic ring is 1. The Kier molecular flexibility index (Phi) is 3.92. The number of nitrogens with two attached hydrogens (primary N) is 1. The van der Waals surface area contributed by atoms with Gasteiger partial charge >= 0.3 is 0 Å². The topological polar surface area (TPSA) is 47.3 Å². The lowest BCUT2D eigenvalue weighted by Gasteiger charge is -2.24. The van der Waals surface area contributed by atoms with Gasteiger partial charge in [-0.05, 0) is 75.2 Å². The van der Waals surface area contributed by atoms with Crippen LogP contribution >= 0.6 is 0 Å². The van der Waals surface area contributed by atoms with E-state index in [0.717, 1.165) is 24.5 Å². The lowest BCUT2D eigenvalue weighted by Crippen LogP contribution is -2.26. The summed E-state index contributed by atoms with van der Waals surface area (Å²) in [4.78, 5) is 0. The van der Waals surface area contributed by atoms with Crippen molar-refractivity contribution in [3.05, 3.63) is 23.8 Å². The van der Waals surface area contributed by atoms with E-state index in [1.165, 1.54) is 44.1 Å². The molecule has 1 aliphatic heterocycles. The number of ether oxygens (including phenoxy) is 1. The molecule has 2 fully saturated rings. The Labute approximate surface area is 115 Å². The van der Waals surface area contributed by atoms with Gasteiger partial charge in [0.2, 0.25) is 0 Å². The van der Waals surface area contributed by atoms with Gasteiger partial charge in [0, 0.05) is 0 Å². The molecule has 3 rings (SSSR count). The highest BCUT2D eigenvalue weighted by atomic mass is 16.5. The molecule has 0 atom stereocenters. The minimum atomic E-state index is 0.380. The van der Waals surface area contributed by atoms with Crippen LogP contribution in [0.5, 0.6) is 5.75 Å². The molecule has 1 saturated carbocycles. The predicted octanol–water partition coefficient (Wildman–Crippen LogP) is 3.06. The first-order chi connectivity index (χ1) is 9.33. The van der Waals surface area contributed by atoms with Crippen molar-refractivity contribution < 1.29 is 4.74 Å². The number of rotatable bonds is 3. The van der Waals surface area contributed by atoms with Gasteiger partial charge in [-0.15, -0.1) is 0 Å². The van der Waals surface area contributed by atoms with Gasteiger partial charge in [0.15, 0.2) is 0 Å². The Morgan fingerprint density at radius 3 is 2.53 bits per heavy atom. The molecule has 0 aromatic heterocycles. The lowest BCUT2D eigenvalue weighted by molar-refractivity contribution is 0.211. The fourth-order valence-corrected chi connectivity index (χ4v) is 3.25. The molecule has 1 heterocycles. The zero-order chi connectivity index (χ0) is 13.1. The molecule has 3 N–H and O–H groups in total. The number of piperidine rings is 1. The van der Waals surface area contributed by atoms with E-state index in [1.807, 2.05) is 6.07 Å². The molecule has 0 bridgehead atoms. The average molecular weight is 260 g/mol. The summed E-state index contributed by atoms with van der Waals surface area (Å²) in [5, 5.41) is 3.41. The average Bonchev–Trinajstić information content (AvgIpc) is 2.95. The van der Waals surface area contributed by atoms with Gasteiger partial charge in [-0.2, -0.15) is 0 Å². The second kappa shape index (κ2) is 5.83. The van der Waals surface area contributed by atoms with E-state index in [-0.39, 0.29) is 0 Å². The summed E-state index contributed by atoms with van der Waals surface area (Å²) in [5.74, 6) is 1.57. The van der Waals surface area contributed by atoms with Crippen molar-refractivity contribution >= 4 is 5.69 Å². The van der Waals surface area contributed by atoms with Crippen LogP contribution in [0.25, 0.3) is 0 Å². The van der Waals surface area contributed by atoms with Crippen LogP contribution in [0.15, 0.2) is 18.2 Å². The predicted molar refractivity (Wildman–Crippen MR) is 78.6 cm³/mol. The molecular formula is C16H24N2O. The Bertz CT molecular complexity index is 421. The molecule has 0 unspecified atom stereocenters. The molecule has 1 aliphatic carbocycles. The molecule has 1 saturated heterocycles. The van der Waals surface area contributed by atoms with Crippen molar-refractivity contribution in [3.63, 3.8) is 0 Å². The zero-order valence-corrected chi connectivity index (χ0v) is 11.5. The van der Waals surface area contributed by atoms with Crippen LogP contribution in [0, 0.1) is 0 Å². The van der Waals surface area contributed by atoms with Crippen LogP contribution in [0.1, 0.15) is 50.0 Å². The molecule has 0 amide bonds. The van der Waals surface area contributed by atoms with Crippen molar-refractivity contribution in [1.82, 2.24) is 5.32 Å². The third kappa shape index (κ3) is 3.03. The minimum Gasteiger partial charge on any atom is -0.488 e. The highest BCUT2D eigenvalue weighted by Crippen LogP contribution is 2.33. The maximum absolute atomic E-state index is 6.10. The molecule has 1 aromatic carbocycles. The van der Waals surface area contributed by atoms with E-state index in [0.29, 0.717) is 12.0 Å². The lowest BCUT2D eigenvalue weighted by atomic mass is 9.90. The third-order valence-electron chi connectivity index (χ3n) is 4.44. The van der Waals surface area contributed by atoms with Gasteiger partial charge in [0.25, 0.3) is 0 Å². The summed E-state index contributed by atoms with van der Waals surface area (Å²) in [6.07, 6.45) is 7.75. The van der Waals surface area contributed by atoms with Gasteiger partial charge in [0.05, 0.1) is 11.8 Å². The maximum Gasteiger partial charge on any atom is 0.142 e. The molecule has 0 spiro atoms. The second-order valence-electron chi connectivity index (χ2n) is 5.85. The van der Waals surface area contributed by atoms with Gasteiger partial charge in [-0.3, -0.25) is 0 Å². The molecule has 0 radical (unpaired) electrons. The van der Waals surface area contributed by atoms with Crippen LogP contribution in [-0.2, 0) is 0 Å². The highest BCUT2D eigenvalue weighted by Gasteiger charge is 2.20. The van der Waals surface area contributed by atoms with Crippen molar-refractivity contribution in [2.75, 3.05) is 18.8 Å². The summed E-state index contributed by atoms with van der Waals surface area (Å²) < 4.78 is 6.10. The number of hydrogen-bond acceptors (Lipinski definition) is 3. The maximum atomic E-state index is 6.10. The number of anilines is 1. The second-order valence-corrected chi connectivity index (χ2v) is 5.85. The Morgan fingerprint density at radius 2 is 1.79 bits per heavy atom. The number of hydrogen-bond donors (Lipinski definition) is 2. The minimum absolute atomic E-state index is 0.380. The van der Waals surface area contributed by atoms with Gasteiger partial charge in [-0.25, -0.2) is 0 Å². The van der Waals surface area contributed by atoms with Gasteiger partial charge in [-0.1, -0.05) is 6.07 Å². The van der Waals surface area contributed by atoms with E-state index < -0.39 is 0 Å². The van der Waals surface area contributed by atoms with E-state index in [1.54, 1.807) is 0 Å². The fraction of sp³-hybridized carbons (Fsp3) is 0.625. The van der Waals surface area contributed by atoms with Crippen molar-refractivity contribution in [3.8, 4) is 5.75 Å². The van der Waals surface area contributed by atoms with Crippen molar-refractivity contribution in [2.45, 2.75) is 50.5 Å². The zero-order valence-electron chi connectivity index (χ0n) is 11.5. The van der Waals surface area contributed by atoms with E-state index in [9.17, 15) is 0 Å². The third-order valence-corrected chi connectivity index (χ3v) is 4.44. The summed E-state index contributed by atoms with van der Waals surface area (Å²) in [7, 11) is 0. The Balaban J connectivity index is 1.74. The first-order valence-corrected chi connectivity index (χ1v) is 7.60. The summed E-state index contributed by atoms with van der Waals surface area (Å²) in [6, 6.07) is 6.37. The van der Waals surface area contributed by atoms with Crippen LogP contribution in [-0.4, -0.2) is 19.2 Å². The molecule has 19 heavy (non-hydrogen) atoms. The smallest absolute Gasteiger partial charge is 0.142 e. The fourth-order valence-electron chi connectivity index (χ4n) is 3.25. The van der Waals surface area contributed by atoms with Gasteiger partial charge in [0.1, 0.15) is 5.75 Å². The van der Waals surface area contributed by atoms with Crippen LogP contribution < -0.4 is 15.8 Å². The molecule has 2 aliphatic rings. The van der Waals surface area contributed by atoms with Gasteiger partial charge < -0.3 is 15.8 Å². The summed E-state index contributed by atoms with van der Waals surface area (Å²) in [5.41, 5.74) is 8.23. The molecule has 1 aromatic rings. The highest BCUT2D eigenvalue weighted by molar-refractivity contribution is 5.54. The Morgan fingerprint density at radius 1 is 1.05 bits per heavy atom. The summed E-state index contributed by atoms with van der Waals surface area (Å²) >= 11 is 0. The Hall–Kier alpha value is -1.22. The number of nitrogens with one attached hydrogen (secondary N) is 1. The first kappa shape index (κ1) is 12.8. The van der Waals surface area contributed by atoms with E-state index in [4.69, 9.17) is 10.5 Å². The number of benzene rings is 1. The monoisotopic (exact) mass is 260 g/mol. The molecule has 3 heteroatoms. The summed E-state index contributed by atoms with van der Waals surface area (Å²) in [6.45, 7) is 2.24. The quantitative estimate of drug-likeness (QED) is 0.821.